The van der Waals surface area contributed by atoms with E-state index in [4.69, 9.17) is 0 Å². The molecule has 1 aromatic heterocycles. The molecule has 0 fully saturated rings. The Morgan fingerprint density at radius 1 is 1.00 bits per heavy atom. The minimum Gasteiger partial charge on any atom is -0.325 e. The highest BCUT2D eigenvalue weighted by Crippen LogP contribution is 2.28. The quantitative estimate of drug-likeness (QED) is 0.287. The second-order valence-corrected chi connectivity index (χ2v) is 7.14. The second-order valence-electron chi connectivity index (χ2n) is 6.19. The number of nitrogens with zero attached hydrogens (tertiary/aromatic N) is 3. The van der Waals surface area contributed by atoms with Crippen molar-refractivity contribution < 1.29 is 9.72 Å². The maximum atomic E-state index is 12.4. The molecule has 0 aliphatic heterocycles. The average Bonchev–Trinajstić information content (AvgIpc) is 3.12. The highest BCUT2D eigenvalue weighted by molar-refractivity contribution is 7.99. The largest absolute Gasteiger partial charge is 0.325 e. The smallest absolute Gasteiger partial charge is 0.269 e. The Bertz CT molecular complexity index is 1170. The van der Waals surface area contributed by atoms with Gasteiger partial charge in [-0.3, -0.25) is 19.5 Å². The number of amides is 1. The maximum Gasteiger partial charge on any atom is 0.269 e. The number of carbonyl (C=O) groups excluding carboxylic acids is 1. The molecule has 0 aliphatic carbocycles. The molecule has 1 N–H and O–H groups in total. The molecule has 0 atom stereocenters. The van der Waals surface area contributed by atoms with Gasteiger partial charge in [0.05, 0.1) is 21.7 Å². The number of hydrogen-bond acceptors (Lipinski definition) is 5. The van der Waals surface area contributed by atoms with Crippen molar-refractivity contribution in [1.29, 1.82) is 0 Å². The van der Waals surface area contributed by atoms with Crippen molar-refractivity contribution in [3.63, 3.8) is 0 Å². The Morgan fingerprint density at radius 2 is 1.69 bits per heavy atom. The van der Waals surface area contributed by atoms with Crippen LogP contribution in [0.3, 0.4) is 0 Å². The number of hydrogen-bond donors (Lipinski definition) is 1. The van der Waals surface area contributed by atoms with Crippen molar-refractivity contribution in [3.8, 4) is 5.69 Å². The van der Waals surface area contributed by atoms with E-state index in [1.165, 1.54) is 36.0 Å². The number of carbonyl (C=O) groups is 1. The molecular formula is C21H16N4O3S. The molecule has 0 saturated heterocycles. The predicted molar refractivity (Wildman–Crippen MR) is 114 cm³/mol. The van der Waals surface area contributed by atoms with Crippen molar-refractivity contribution in [1.82, 2.24) is 9.55 Å². The van der Waals surface area contributed by atoms with Crippen molar-refractivity contribution in [2.75, 3.05) is 11.1 Å². The maximum absolute atomic E-state index is 12.4. The first-order valence-corrected chi connectivity index (χ1v) is 9.80. The number of fused-ring (bicyclic) bond motifs is 1. The molecule has 4 rings (SSSR count). The highest BCUT2D eigenvalue weighted by atomic mass is 32.2. The van der Waals surface area contributed by atoms with E-state index in [9.17, 15) is 14.9 Å². The second kappa shape index (κ2) is 8.15. The van der Waals surface area contributed by atoms with Crippen molar-refractivity contribution in [2.45, 2.75) is 5.16 Å². The molecule has 0 radical (unpaired) electrons. The Labute approximate surface area is 170 Å². The number of imidazole rings is 1. The van der Waals surface area contributed by atoms with Gasteiger partial charge in [-0.05, 0) is 36.4 Å². The third-order valence-electron chi connectivity index (χ3n) is 4.24. The van der Waals surface area contributed by atoms with E-state index in [-0.39, 0.29) is 17.3 Å². The summed E-state index contributed by atoms with van der Waals surface area (Å²) < 4.78 is 2.03. The third kappa shape index (κ3) is 4.12. The van der Waals surface area contributed by atoms with E-state index in [0.717, 1.165) is 21.9 Å². The third-order valence-corrected chi connectivity index (χ3v) is 5.18. The molecule has 1 amide bonds. The van der Waals surface area contributed by atoms with Crippen LogP contribution in [0.25, 0.3) is 16.7 Å². The van der Waals surface area contributed by atoms with Gasteiger partial charge < -0.3 is 5.32 Å². The van der Waals surface area contributed by atoms with Crippen molar-refractivity contribution in [3.05, 3.63) is 89.0 Å². The summed E-state index contributed by atoms with van der Waals surface area (Å²) in [6.07, 6.45) is 0. The zero-order valence-electron chi connectivity index (χ0n) is 15.2. The van der Waals surface area contributed by atoms with E-state index in [1.807, 2.05) is 59.2 Å². The summed E-state index contributed by atoms with van der Waals surface area (Å²) in [5.74, 6) is -0.0526. The summed E-state index contributed by atoms with van der Waals surface area (Å²) >= 11 is 1.33. The van der Waals surface area contributed by atoms with E-state index in [0.29, 0.717) is 5.69 Å². The van der Waals surface area contributed by atoms with Gasteiger partial charge in [0.15, 0.2) is 5.16 Å². The zero-order chi connectivity index (χ0) is 20.2. The van der Waals surface area contributed by atoms with Crippen molar-refractivity contribution >= 4 is 40.1 Å². The van der Waals surface area contributed by atoms with Crippen LogP contribution in [-0.2, 0) is 4.79 Å². The fourth-order valence-corrected chi connectivity index (χ4v) is 3.75. The first-order chi connectivity index (χ1) is 14.1. The van der Waals surface area contributed by atoms with Crippen LogP contribution in [-0.4, -0.2) is 26.1 Å². The summed E-state index contributed by atoms with van der Waals surface area (Å²) in [5, 5.41) is 14.2. The van der Waals surface area contributed by atoms with Crippen LogP contribution in [0.2, 0.25) is 0 Å². The van der Waals surface area contributed by atoms with Crippen LogP contribution in [0, 0.1) is 10.1 Å². The summed E-state index contributed by atoms with van der Waals surface area (Å²) in [5.41, 5.74) is 3.29. The topological polar surface area (TPSA) is 90.1 Å². The van der Waals surface area contributed by atoms with Gasteiger partial charge in [0.25, 0.3) is 5.69 Å². The normalized spacial score (nSPS) is 10.8. The Hall–Kier alpha value is -3.65. The molecule has 3 aromatic carbocycles. The van der Waals surface area contributed by atoms with Gasteiger partial charge in [-0.1, -0.05) is 42.1 Å². The number of anilines is 1. The minimum absolute atomic E-state index is 0.0195. The van der Waals surface area contributed by atoms with Gasteiger partial charge in [-0.15, -0.1) is 0 Å². The average molecular weight is 404 g/mol. The van der Waals surface area contributed by atoms with Crippen LogP contribution < -0.4 is 5.32 Å². The summed E-state index contributed by atoms with van der Waals surface area (Å²) in [4.78, 5) is 27.3. The van der Waals surface area contributed by atoms with Gasteiger partial charge in [0.2, 0.25) is 5.91 Å². The highest BCUT2D eigenvalue weighted by Gasteiger charge is 2.14. The number of para-hydroxylation sites is 3. The van der Waals surface area contributed by atoms with Gasteiger partial charge in [-0.25, -0.2) is 4.98 Å². The first kappa shape index (κ1) is 18.7. The summed E-state index contributed by atoms with van der Waals surface area (Å²) in [7, 11) is 0. The molecular weight excluding hydrogens is 388 g/mol. The molecule has 29 heavy (non-hydrogen) atoms. The first-order valence-electron chi connectivity index (χ1n) is 8.82. The standard InChI is InChI=1S/C21H16N4O3S/c26-20(22-15-10-12-17(13-11-15)25(27)28)14-29-21-23-18-8-4-5-9-19(18)24(21)16-6-2-1-3-7-16/h1-13H,14H2,(H,22,26). The minimum atomic E-state index is -0.477. The fraction of sp³-hybridized carbons (Fsp3) is 0.0476. The van der Waals surface area contributed by atoms with E-state index in [2.05, 4.69) is 10.3 Å². The molecule has 0 spiro atoms. The number of non-ortho nitro benzene ring substituents is 1. The molecule has 144 valence electrons. The SMILES string of the molecule is O=C(CSc1nc2ccccc2n1-c1ccccc1)Nc1ccc([N+](=O)[O-])cc1. The van der Waals surface area contributed by atoms with E-state index in [1.54, 1.807) is 0 Å². The van der Waals surface area contributed by atoms with Crippen molar-refractivity contribution in [2.24, 2.45) is 0 Å². The lowest BCUT2D eigenvalue weighted by Crippen LogP contribution is -2.14. The molecule has 8 heteroatoms. The van der Waals surface area contributed by atoms with E-state index < -0.39 is 4.92 Å². The van der Waals surface area contributed by atoms with Crippen LogP contribution in [0.1, 0.15) is 0 Å². The number of nitro benzene ring substituents is 1. The number of nitro groups is 1. The number of thioether (sulfide) groups is 1. The Kier molecular flexibility index (Phi) is 5.26. The molecule has 1 heterocycles. The summed E-state index contributed by atoms with van der Waals surface area (Å²) in [6.45, 7) is 0. The molecule has 0 unspecified atom stereocenters. The fourth-order valence-electron chi connectivity index (χ4n) is 2.92. The van der Waals surface area contributed by atoms with Crippen LogP contribution in [0.15, 0.2) is 84.0 Å². The van der Waals surface area contributed by atoms with Gasteiger partial charge in [0.1, 0.15) is 0 Å². The van der Waals surface area contributed by atoms with Gasteiger partial charge in [-0.2, -0.15) is 0 Å². The van der Waals surface area contributed by atoms with Crippen LogP contribution >= 0.6 is 11.8 Å². The predicted octanol–water partition coefficient (Wildman–Crippen LogP) is 4.66. The van der Waals surface area contributed by atoms with E-state index >= 15 is 0 Å². The lowest BCUT2D eigenvalue weighted by Gasteiger charge is -2.09. The zero-order valence-corrected chi connectivity index (χ0v) is 16.0. The number of benzene rings is 3. The van der Waals surface area contributed by atoms with Crippen LogP contribution in [0.4, 0.5) is 11.4 Å². The lowest BCUT2D eigenvalue weighted by atomic mass is 10.3. The molecule has 0 saturated carbocycles. The van der Waals surface area contributed by atoms with Crippen LogP contribution in [0.5, 0.6) is 0 Å². The number of nitrogens with one attached hydrogen (secondary N) is 1. The Balaban J connectivity index is 1.52. The monoisotopic (exact) mass is 404 g/mol. The molecule has 0 bridgehead atoms. The Morgan fingerprint density at radius 3 is 2.41 bits per heavy atom. The molecule has 0 aliphatic rings. The number of aromatic nitrogens is 2. The molecule has 7 nitrogen and oxygen atoms in total. The lowest BCUT2D eigenvalue weighted by molar-refractivity contribution is -0.384. The van der Waals surface area contributed by atoms with Gasteiger partial charge in [0, 0.05) is 23.5 Å². The van der Waals surface area contributed by atoms with Gasteiger partial charge >= 0.3 is 0 Å². The summed E-state index contributed by atoms with van der Waals surface area (Å²) in [6, 6.07) is 23.4. The molecule has 4 aromatic rings. The number of rotatable bonds is 6.